The van der Waals surface area contributed by atoms with Gasteiger partial charge in [-0.25, -0.2) is 4.98 Å². The van der Waals surface area contributed by atoms with Crippen LogP contribution in [0.15, 0.2) is 48.7 Å². The van der Waals surface area contributed by atoms with Crippen LogP contribution in [0.5, 0.6) is 5.88 Å². The molecule has 1 heterocycles. The van der Waals surface area contributed by atoms with E-state index in [-0.39, 0.29) is 0 Å². The quantitative estimate of drug-likeness (QED) is 0.579. The number of benzene rings is 1. The molecule has 0 aliphatic rings. The Balaban J connectivity index is 1.79. The zero-order valence-corrected chi connectivity index (χ0v) is 13.8. The molecule has 2 nitrogen and oxygen atoms in total. The molecule has 2 heteroatoms. The Labute approximate surface area is 134 Å². The first-order valence-corrected chi connectivity index (χ1v) is 8.42. The van der Waals surface area contributed by atoms with Crippen LogP contribution in [0.2, 0.25) is 0 Å². The number of aromatic nitrogens is 1. The Morgan fingerprint density at radius 3 is 2.50 bits per heavy atom. The molecule has 0 radical (unpaired) electrons. The van der Waals surface area contributed by atoms with Crippen molar-refractivity contribution in [1.82, 2.24) is 4.98 Å². The third-order valence-electron chi connectivity index (χ3n) is 3.99. The van der Waals surface area contributed by atoms with Crippen LogP contribution in [0, 0.1) is 0 Å². The lowest BCUT2D eigenvalue weighted by Gasteiger charge is -2.13. The van der Waals surface area contributed by atoms with Crippen LogP contribution in [0.4, 0.5) is 0 Å². The van der Waals surface area contributed by atoms with Gasteiger partial charge in [0.25, 0.3) is 0 Å². The van der Waals surface area contributed by atoms with Crippen LogP contribution in [-0.2, 0) is 6.42 Å². The zero-order chi connectivity index (χ0) is 15.6. The number of unbranched alkanes of at least 4 members (excludes halogenated alkanes) is 3. The molecule has 2 rings (SSSR count). The molecular formula is C20H27NO. The molecular weight excluding hydrogens is 270 g/mol. The van der Waals surface area contributed by atoms with Crippen molar-refractivity contribution in [2.75, 3.05) is 6.61 Å². The SMILES string of the molecule is CCCCCCc1ccc(C(C)COc2ccccn2)cc1. The maximum Gasteiger partial charge on any atom is 0.213 e. The van der Waals surface area contributed by atoms with Gasteiger partial charge in [-0.2, -0.15) is 0 Å². The minimum absolute atomic E-state index is 0.371. The molecule has 0 bridgehead atoms. The Bertz CT molecular complexity index is 521. The van der Waals surface area contributed by atoms with Crippen LogP contribution >= 0.6 is 0 Å². The smallest absolute Gasteiger partial charge is 0.213 e. The molecule has 0 N–H and O–H groups in total. The summed E-state index contributed by atoms with van der Waals surface area (Å²) in [4.78, 5) is 4.19. The maximum absolute atomic E-state index is 5.73. The average molecular weight is 297 g/mol. The van der Waals surface area contributed by atoms with E-state index in [4.69, 9.17) is 4.74 Å². The fourth-order valence-corrected chi connectivity index (χ4v) is 2.51. The van der Waals surface area contributed by atoms with Gasteiger partial charge >= 0.3 is 0 Å². The molecule has 0 saturated heterocycles. The molecule has 118 valence electrons. The average Bonchev–Trinajstić information content (AvgIpc) is 2.58. The number of rotatable bonds is 9. The number of nitrogens with zero attached hydrogens (tertiary/aromatic N) is 1. The minimum atomic E-state index is 0.371. The number of aryl methyl sites for hydroxylation is 1. The summed E-state index contributed by atoms with van der Waals surface area (Å²) in [6, 6.07) is 14.7. The van der Waals surface area contributed by atoms with Crippen molar-refractivity contribution in [1.29, 1.82) is 0 Å². The van der Waals surface area contributed by atoms with E-state index in [1.807, 2.05) is 18.2 Å². The number of hydrogen-bond donors (Lipinski definition) is 0. The molecule has 0 spiro atoms. The third kappa shape index (κ3) is 5.51. The standard InChI is InChI=1S/C20H27NO/c1-3-4-5-6-9-18-11-13-19(14-12-18)17(2)16-22-20-10-7-8-15-21-20/h7-8,10-15,17H,3-6,9,16H2,1-2H3. The molecule has 2 aromatic rings. The topological polar surface area (TPSA) is 22.1 Å². The Morgan fingerprint density at radius 1 is 1.00 bits per heavy atom. The predicted octanol–water partition coefficient (Wildman–Crippen LogP) is 5.39. The lowest BCUT2D eigenvalue weighted by atomic mass is 9.99. The Hall–Kier alpha value is -1.83. The summed E-state index contributed by atoms with van der Waals surface area (Å²) in [5.41, 5.74) is 2.77. The molecule has 0 amide bonds. The van der Waals surface area contributed by atoms with Crippen molar-refractivity contribution >= 4 is 0 Å². The predicted molar refractivity (Wildman–Crippen MR) is 92.4 cm³/mol. The van der Waals surface area contributed by atoms with Gasteiger partial charge in [-0.05, 0) is 30.0 Å². The van der Waals surface area contributed by atoms with Gasteiger partial charge in [0.05, 0.1) is 6.61 Å². The van der Waals surface area contributed by atoms with Crippen molar-refractivity contribution in [3.05, 3.63) is 59.8 Å². The van der Waals surface area contributed by atoms with Crippen molar-refractivity contribution in [2.45, 2.75) is 51.9 Å². The van der Waals surface area contributed by atoms with E-state index in [0.29, 0.717) is 18.4 Å². The van der Waals surface area contributed by atoms with E-state index in [1.165, 1.54) is 43.2 Å². The summed E-state index contributed by atoms with van der Waals surface area (Å²) < 4.78 is 5.73. The van der Waals surface area contributed by atoms with Crippen LogP contribution in [0.1, 0.15) is 56.6 Å². The van der Waals surface area contributed by atoms with Crippen molar-refractivity contribution < 1.29 is 4.74 Å². The van der Waals surface area contributed by atoms with Crippen LogP contribution < -0.4 is 4.74 Å². The minimum Gasteiger partial charge on any atom is -0.477 e. The normalized spacial score (nSPS) is 12.1. The molecule has 0 aliphatic carbocycles. The first kappa shape index (κ1) is 16.5. The second kappa shape index (κ2) is 9.24. The zero-order valence-electron chi connectivity index (χ0n) is 13.8. The summed E-state index contributed by atoms with van der Waals surface area (Å²) in [7, 11) is 0. The van der Waals surface area contributed by atoms with Gasteiger partial charge < -0.3 is 4.74 Å². The fourth-order valence-electron chi connectivity index (χ4n) is 2.51. The van der Waals surface area contributed by atoms with Crippen LogP contribution in [-0.4, -0.2) is 11.6 Å². The second-order valence-electron chi connectivity index (χ2n) is 5.93. The first-order valence-electron chi connectivity index (χ1n) is 8.42. The van der Waals surface area contributed by atoms with Crippen molar-refractivity contribution in [3.63, 3.8) is 0 Å². The molecule has 0 aliphatic heterocycles. The van der Waals surface area contributed by atoms with Gasteiger partial charge in [-0.3, -0.25) is 0 Å². The van der Waals surface area contributed by atoms with E-state index >= 15 is 0 Å². The molecule has 1 aromatic carbocycles. The Kier molecular flexibility index (Phi) is 6.95. The molecule has 1 atom stereocenters. The van der Waals surface area contributed by atoms with Gasteiger partial charge in [0.1, 0.15) is 0 Å². The van der Waals surface area contributed by atoms with E-state index in [0.717, 1.165) is 0 Å². The van der Waals surface area contributed by atoms with Gasteiger partial charge in [-0.15, -0.1) is 0 Å². The molecule has 22 heavy (non-hydrogen) atoms. The Morgan fingerprint density at radius 2 is 1.82 bits per heavy atom. The molecule has 0 saturated carbocycles. The van der Waals surface area contributed by atoms with E-state index in [1.54, 1.807) is 6.20 Å². The number of hydrogen-bond acceptors (Lipinski definition) is 2. The van der Waals surface area contributed by atoms with Gasteiger partial charge in [0.2, 0.25) is 5.88 Å². The summed E-state index contributed by atoms with van der Waals surface area (Å²) in [5.74, 6) is 1.07. The molecule has 1 aromatic heterocycles. The van der Waals surface area contributed by atoms with E-state index < -0.39 is 0 Å². The number of pyridine rings is 1. The van der Waals surface area contributed by atoms with Crippen molar-refractivity contribution in [2.24, 2.45) is 0 Å². The highest BCUT2D eigenvalue weighted by atomic mass is 16.5. The first-order chi connectivity index (χ1) is 10.8. The third-order valence-corrected chi connectivity index (χ3v) is 3.99. The lowest BCUT2D eigenvalue weighted by molar-refractivity contribution is 0.285. The lowest BCUT2D eigenvalue weighted by Crippen LogP contribution is -2.07. The second-order valence-corrected chi connectivity index (χ2v) is 5.93. The summed E-state index contributed by atoms with van der Waals surface area (Å²) in [6.45, 7) is 5.11. The highest BCUT2D eigenvalue weighted by molar-refractivity contribution is 5.25. The fraction of sp³-hybridized carbons (Fsp3) is 0.450. The maximum atomic E-state index is 5.73. The van der Waals surface area contributed by atoms with Crippen LogP contribution in [0.25, 0.3) is 0 Å². The summed E-state index contributed by atoms with van der Waals surface area (Å²) in [5, 5.41) is 0. The largest absolute Gasteiger partial charge is 0.477 e. The summed E-state index contributed by atoms with van der Waals surface area (Å²) in [6.07, 6.45) is 8.23. The number of ether oxygens (including phenoxy) is 1. The molecule has 0 fully saturated rings. The van der Waals surface area contributed by atoms with Crippen LogP contribution in [0.3, 0.4) is 0 Å². The monoisotopic (exact) mass is 297 g/mol. The van der Waals surface area contributed by atoms with Gasteiger partial charge in [0.15, 0.2) is 0 Å². The van der Waals surface area contributed by atoms with Gasteiger partial charge in [0, 0.05) is 18.2 Å². The van der Waals surface area contributed by atoms with E-state index in [9.17, 15) is 0 Å². The van der Waals surface area contributed by atoms with E-state index in [2.05, 4.69) is 43.1 Å². The highest BCUT2D eigenvalue weighted by Gasteiger charge is 2.07. The molecule has 1 unspecified atom stereocenters. The van der Waals surface area contributed by atoms with Gasteiger partial charge in [-0.1, -0.05) is 63.4 Å². The van der Waals surface area contributed by atoms with Crippen molar-refractivity contribution in [3.8, 4) is 5.88 Å². The summed E-state index contributed by atoms with van der Waals surface area (Å²) >= 11 is 0. The highest BCUT2D eigenvalue weighted by Crippen LogP contribution is 2.18.